The Hall–Kier alpha value is -8.39. The molecule has 39 nitrogen and oxygen atoms in total. The number of carbonyl (C=O) groups is 15. The summed E-state index contributed by atoms with van der Waals surface area (Å²) in [4.78, 5) is 218. The van der Waals surface area contributed by atoms with E-state index in [0.29, 0.717) is 65.0 Å². The molecule has 22 atom stereocenters. The summed E-state index contributed by atoms with van der Waals surface area (Å²) in [7, 11) is 0. The quantitative estimate of drug-likeness (QED) is 0.0512. The summed E-state index contributed by atoms with van der Waals surface area (Å²) in [6, 6.07) is -12.3. The van der Waals surface area contributed by atoms with Gasteiger partial charge in [0, 0.05) is 55.6 Å². The van der Waals surface area contributed by atoms with Crippen molar-refractivity contribution in [2.24, 2.45) is 40.7 Å². The summed E-state index contributed by atoms with van der Waals surface area (Å²) < 4.78 is 0. The standard InChI is InChI=1S/C85H140N20O19S2/c1-10-16-56(93-46(6)108)73(113)102-65-42-126-40-49-20-13-19-48(31-49)39-125-41-64(70(86)112)101-83(123)68(45(5)107)103-76(116)58(18-12-3)95-78(118)61(33-50-36-90-71-54(50)21-14-29-88-71)97-75(115)59(27-28-66(110)111)96-74(114)57(17-11-2)94-79(119)62(34-51-37-91-72-55(51)22-15-30-89-72)99-82(122)67(44(4)106)104-80(120)63(35-52-38-87-43-92-52)98-77(117)60(32-47-23-25-53(109)26-24-47)100-84(124)69(85(7,8)9)105-81(65)121/h13,19-20,31,44-45,47,50-65,67-69,71-72,87-92,106-107,109H,10-12,14-18,21-30,32-43H2,1-9H3,(H2,86,112)(H,93,108)(H,94,119)(H,95,118)(H,96,114)(H,97,115)(H,98,117)(H,99,122)(H,100,124)(H,101,123)(H,102,113)(H,103,116)(H,104,120)(H,105,121)(H,110,111)/t44-,45-,47?,50?,51?,52?,53?,54?,55?,56+,57+,58+,59+,60+,61+,62+,63+,64+,65+,67+,68+,69-,71?,72?/m1/s1. The molecule has 706 valence electrons. The number of aliphatic hydroxyl groups excluding tert-OH is 3. The van der Waals surface area contributed by atoms with Crippen molar-refractivity contribution in [3.8, 4) is 0 Å². The number of carboxylic acids is 1. The largest absolute Gasteiger partial charge is 0.481 e. The Morgan fingerprint density at radius 3 is 1.46 bits per heavy atom. The number of nitrogens with two attached hydrogens (primary N) is 1. The third kappa shape index (κ3) is 31.8. The van der Waals surface area contributed by atoms with E-state index >= 15 is 43.2 Å². The van der Waals surface area contributed by atoms with E-state index in [1.807, 2.05) is 25.1 Å². The molecule has 7 unspecified atom stereocenters. The number of carboxylic acid groups (broad SMARTS) is 1. The Morgan fingerprint density at radius 1 is 0.524 bits per heavy atom. The molecule has 0 spiro atoms. The van der Waals surface area contributed by atoms with Gasteiger partial charge in [-0.2, -0.15) is 23.5 Å². The highest BCUT2D eigenvalue weighted by Gasteiger charge is 2.46. The summed E-state index contributed by atoms with van der Waals surface area (Å²) in [6.45, 7) is 16.9. The Morgan fingerprint density at radius 2 is 0.984 bits per heavy atom. The van der Waals surface area contributed by atoms with E-state index in [0.717, 1.165) is 43.4 Å². The third-order valence-corrected chi connectivity index (χ3v) is 27.0. The Labute approximate surface area is 746 Å². The molecule has 7 aliphatic rings. The lowest BCUT2D eigenvalue weighted by molar-refractivity contribution is -0.139. The minimum absolute atomic E-state index is 0.00144. The zero-order valence-corrected chi connectivity index (χ0v) is 75.8. The molecule has 25 N–H and O–H groups in total. The van der Waals surface area contributed by atoms with Crippen LogP contribution in [-0.4, -0.2) is 275 Å². The first-order chi connectivity index (χ1) is 59.9. The van der Waals surface area contributed by atoms with Crippen LogP contribution in [0.5, 0.6) is 0 Å². The maximum atomic E-state index is 15.4. The Bertz CT molecular complexity index is 3870. The van der Waals surface area contributed by atoms with E-state index in [-0.39, 0.29) is 123 Å². The first-order valence-corrected chi connectivity index (χ1v) is 47.3. The molecule has 126 heavy (non-hydrogen) atoms. The fraction of sp³-hybridized carbons (Fsp3) is 0.753. The molecule has 8 rings (SSSR count). The molecular formula is C85H140N20O19S2. The van der Waals surface area contributed by atoms with Crippen molar-refractivity contribution >= 4 is 112 Å². The summed E-state index contributed by atoms with van der Waals surface area (Å²) in [6.07, 6.45) is 0.348. The van der Waals surface area contributed by atoms with E-state index in [9.17, 15) is 49.2 Å². The first kappa shape index (κ1) is 103. The smallest absolute Gasteiger partial charge is 0.303 e. The van der Waals surface area contributed by atoms with E-state index < -0.39 is 210 Å². The van der Waals surface area contributed by atoms with Gasteiger partial charge < -0.3 is 127 Å². The van der Waals surface area contributed by atoms with E-state index in [1.54, 1.807) is 40.7 Å². The normalized spacial score (nSPS) is 32.1. The number of rotatable bonds is 23. The molecule has 2 bridgehead atoms. The van der Waals surface area contributed by atoms with Gasteiger partial charge in [-0.25, -0.2) is 0 Å². The number of carbonyl (C=O) groups excluding carboxylic acids is 14. The molecule has 1 aromatic carbocycles. The van der Waals surface area contributed by atoms with Crippen LogP contribution in [0, 0.1) is 35.0 Å². The SMILES string of the molecule is CCC[C@H](NC(C)=O)C(=O)N[C@H]1CSCc2cccc(c2)CSC[C@@H](C(N)=O)NC(=O)[C@H]([C@@H](C)O)NC(=O)[C@H](CCC)NC(=O)[C@H](CC2CNC3NCCCC23)NC(=O)[C@H](CCC(=O)O)NC(=O)[C@H](CCC)NC(=O)[C@H](CC2CNC3NCCCC23)NC(=O)[C@H]([C@@H](C)O)NC(=O)[C@H](CC2CNCN2)NC(=O)[C@H](CC2CCC(O)CC2)NC(=O)[C@H](C(C)(C)C)NC1=O. The van der Waals surface area contributed by atoms with E-state index in [4.69, 9.17) is 5.73 Å². The fourth-order valence-corrected chi connectivity index (χ4v) is 19.8. The number of aliphatic hydroxyl groups is 3. The van der Waals surface area contributed by atoms with Crippen molar-refractivity contribution in [1.82, 2.24) is 101 Å². The van der Waals surface area contributed by atoms with Crippen molar-refractivity contribution in [2.45, 2.75) is 317 Å². The maximum Gasteiger partial charge on any atom is 0.303 e. The van der Waals surface area contributed by atoms with Gasteiger partial charge in [0.05, 0.1) is 30.6 Å². The number of primary amides is 1. The van der Waals surface area contributed by atoms with Crippen molar-refractivity contribution in [2.75, 3.05) is 50.9 Å². The average molecular weight is 1810 g/mol. The van der Waals surface area contributed by atoms with Crippen LogP contribution >= 0.6 is 23.5 Å². The summed E-state index contributed by atoms with van der Waals surface area (Å²) in [5.74, 6) is -14.0. The van der Waals surface area contributed by atoms with Gasteiger partial charge in [0.2, 0.25) is 82.7 Å². The second kappa shape index (κ2) is 50.5. The molecular weight excluding hydrogens is 1670 g/mol. The number of amides is 14. The summed E-state index contributed by atoms with van der Waals surface area (Å²) >= 11 is 2.48. The highest BCUT2D eigenvalue weighted by atomic mass is 32.2. The molecule has 1 aromatic rings. The Kier molecular flexibility index (Phi) is 41.3. The van der Waals surface area contributed by atoms with Gasteiger partial charge in [0.1, 0.15) is 78.5 Å². The lowest BCUT2D eigenvalue weighted by Gasteiger charge is -2.35. The van der Waals surface area contributed by atoms with Crippen LogP contribution in [0.1, 0.15) is 202 Å². The van der Waals surface area contributed by atoms with Crippen LogP contribution in [0.3, 0.4) is 0 Å². The summed E-state index contributed by atoms with van der Waals surface area (Å²) in [5.41, 5.74) is 6.30. The number of hydrogen-bond acceptors (Lipinski definition) is 26. The predicted octanol–water partition coefficient (Wildman–Crippen LogP) is -3.23. The monoisotopic (exact) mass is 1810 g/mol. The number of piperidine rings is 2. The zero-order chi connectivity index (χ0) is 92.1. The molecule has 41 heteroatoms. The average Bonchev–Trinajstić information content (AvgIpc) is 1.63. The first-order valence-electron chi connectivity index (χ1n) is 45.0. The third-order valence-electron chi connectivity index (χ3n) is 24.7. The minimum Gasteiger partial charge on any atom is -0.481 e. The van der Waals surface area contributed by atoms with Gasteiger partial charge >= 0.3 is 5.97 Å². The van der Waals surface area contributed by atoms with E-state index in [1.165, 1.54) is 44.3 Å². The van der Waals surface area contributed by atoms with Crippen LogP contribution in [0.25, 0.3) is 0 Å². The lowest BCUT2D eigenvalue weighted by Crippen LogP contribution is -2.63. The highest BCUT2D eigenvalue weighted by molar-refractivity contribution is 7.98. The molecule has 6 heterocycles. The number of benzene rings is 1. The van der Waals surface area contributed by atoms with Gasteiger partial charge in [0.25, 0.3) is 0 Å². The van der Waals surface area contributed by atoms with Crippen molar-refractivity contribution in [1.29, 1.82) is 0 Å². The minimum atomic E-state index is -1.83. The lowest BCUT2D eigenvalue weighted by atomic mass is 9.82. The highest BCUT2D eigenvalue weighted by Crippen LogP contribution is 2.35. The molecule has 6 aliphatic heterocycles. The number of fused-ring (bicyclic) bond motifs is 4. The number of hydrogen-bond donors (Lipinski definition) is 24. The fourth-order valence-electron chi connectivity index (χ4n) is 17.8. The van der Waals surface area contributed by atoms with Crippen LogP contribution in [0.2, 0.25) is 0 Å². The second-order valence-electron chi connectivity index (χ2n) is 36.1. The van der Waals surface area contributed by atoms with Crippen LogP contribution in [0.4, 0.5) is 0 Å². The number of nitrogens with one attached hydrogen (secondary N) is 19. The maximum absolute atomic E-state index is 15.4. The van der Waals surface area contributed by atoms with Crippen LogP contribution < -0.4 is 107 Å². The van der Waals surface area contributed by atoms with Gasteiger partial charge in [-0.3, -0.25) is 71.9 Å². The molecule has 1 saturated carbocycles. The van der Waals surface area contributed by atoms with Crippen molar-refractivity contribution in [3.05, 3.63) is 35.4 Å². The molecule has 0 aromatic heterocycles. The van der Waals surface area contributed by atoms with Crippen molar-refractivity contribution in [3.63, 3.8) is 0 Å². The topological polar surface area (TPSA) is 592 Å². The van der Waals surface area contributed by atoms with Gasteiger partial charge in [-0.05, 0) is 189 Å². The van der Waals surface area contributed by atoms with Crippen molar-refractivity contribution < 1.29 is 92.3 Å². The Balaban J connectivity index is 1.16. The number of thioether (sulfide) groups is 2. The molecule has 6 fully saturated rings. The van der Waals surface area contributed by atoms with Gasteiger partial charge in [-0.1, -0.05) is 85.1 Å². The summed E-state index contributed by atoms with van der Waals surface area (Å²) in [5, 5.41) is 99.3. The van der Waals surface area contributed by atoms with E-state index in [2.05, 4.69) is 101 Å². The second-order valence-corrected chi connectivity index (χ2v) is 38.1. The van der Waals surface area contributed by atoms with Gasteiger partial charge in [0.15, 0.2) is 0 Å². The molecule has 0 radical (unpaired) electrons. The van der Waals surface area contributed by atoms with Crippen LogP contribution in [-0.2, 0) is 83.4 Å². The molecule has 1 aliphatic carbocycles. The molecule has 14 amide bonds. The number of aliphatic carboxylic acids is 1. The van der Waals surface area contributed by atoms with Gasteiger partial charge in [-0.15, -0.1) is 0 Å². The molecule has 5 saturated heterocycles. The van der Waals surface area contributed by atoms with Crippen LogP contribution in [0.15, 0.2) is 24.3 Å². The predicted molar refractivity (Wildman–Crippen MR) is 471 cm³/mol. The zero-order valence-electron chi connectivity index (χ0n) is 74.2.